The molecule has 0 heterocycles. The van der Waals surface area contributed by atoms with Crippen molar-refractivity contribution in [2.75, 3.05) is 7.11 Å². The van der Waals surface area contributed by atoms with E-state index in [-0.39, 0.29) is 12.5 Å². The van der Waals surface area contributed by atoms with Crippen molar-refractivity contribution in [3.05, 3.63) is 28.8 Å². The number of nitrogens with one attached hydrogen (secondary N) is 1. The Morgan fingerprint density at radius 1 is 1.47 bits per heavy atom. The third-order valence-corrected chi connectivity index (χ3v) is 3.53. The summed E-state index contributed by atoms with van der Waals surface area (Å²) in [5.74, 6) is -1.55. The van der Waals surface area contributed by atoms with Crippen LogP contribution >= 0.6 is 11.6 Å². The summed E-state index contributed by atoms with van der Waals surface area (Å²) in [6.45, 7) is 0.227. The number of ether oxygens (including phenoxy) is 1. The summed E-state index contributed by atoms with van der Waals surface area (Å²) in [5.41, 5.74) is 0.688. The first-order valence-electron chi connectivity index (χ1n) is 5.86. The molecule has 0 radical (unpaired) electrons. The number of hydrogen-bond donors (Lipinski definition) is 2. The van der Waals surface area contributed by atoms with Gasteiger partial charge in [-0.1, -0.05) is 17.7 Å². The van der Waals surface area contributed by atoms with Crippen LogP contribution in [-0.2, 0) is 16.1 Å². The Balaban J connectivity index is 1.96. The summed E-state index contributed by atoms with van der Waals surface area (Å²) < 4.78 is 5.16. The molecule has 19 heavy (non-hydrogen) atoms. The summed E-state index contributed by atoms with van der Waals surface area (Å²) >= 11 is 6.04. The van der Waals surface area contributed by atoms with Gasteiger partial charge in [-0.15, -0.1) is 0 Å². The van der Waals surface area contributed by atoms with Gasteiger partial charge in [-0.25, -0.2) is 0 Å². The van der Waals surface area contributed by atoms with Gasteiger partial charge in [0.2, 0.25) is 5.91 Å². The zero-order valence-corrected chi connectivity index (χ0v) is 11.1. The minimum absolute atomic E-state index is 0.227. The van der Waals surface area contributed by atoms with Gasteiger partial charge in [-0.2, -0.15) is 0 Å². The lowest BCUT2D eigenvalue weighted by Crippen LogP contribution is -2.26. The average molecular weight is 284 g/mol. The molecule has 1 fully saturated rings. The molecule has 1 aliphatic rings. The van der Waals surface area contributed by atoms with E-state index in [0.29, 0.717) is 22.8 Å². The molecular formula is C13H14ClNO4. The third-order valence-electron chi connectivity index (χ3n) is 3.18. The standard InChI is InChI=1S/C13H14ClNO4/c1-19-11-4-2-3-10(14)9(11)6-15-12(16)7-5-8(7)13(17)18/h2-4,7-8H,5-6H2,1H3,(H,15,16)(H,17,18)/t7-,8+/m0/s1. The predicted molar refractivity (Wildman–Crippen MR) is 69.1 cm³/mol. The maximum atomic E-state index is 11.7. The lowest BCUT2D eigenvalue weighted by molar-refractivity contribution is -0.140. The number of hydrogen-bond acceptors (Lipinski definition) is 3. The van der Waals surface area contributed by atoms with Crippen LogP contribution in [0, 0.1) is 11.8 Å². The van der Waals surface area contributed by atoms with E-state index in [4.69, 9.17) is 21.4 Å². The molecule has 0 bridgehead atoms. The molecule has 1 aromatic carbocycles. The van der Waals surface area contributed by atoms with Crippen LogP contribution in [0.1, 0.15) is 12.0 Å². The average Bonchev–Trinajstić information content (AvgIpc) is 3.17. The molecule has 0 spiro atoms. The second kappa shape index (κ2) is 5.48. The lowest BCUT2D eigenvalue weighted by Gasteiger charge is -2.11. The number of amides is 1. The molecule has 2 rings (SSSR count). The molecule has 102 valence electrons. The number of aliphatic carboxylic acids is 1. The molecule has 0 aromatic heterocycles. The molecule has 0 aliphatic heterocycles. The Hall–Kier alpha value is -1.75. The molecule has 2 N–H and O–H groups in total. The van der Waals surface area contributed by atoms with Crippen LogP contribution in [0.15, 0.2) is 18.2 Å². The molecular weight excluding hydrogens is 270 g/mol. The smallest absolute Gasteiger partial charge is 0.307 e. The van der Waals surface area contributed by atoms with Gasteiger partial charge < -0.3 is 15.2 Å². The zero-order chi connectivity index (χ0) is 14.0. The van der Waals surface area contributed by atoms with Crippen LogP contribution in [0.3, 0.4) is 0 Å². The van der Waals surface area contributed by atoms with E-state index in [2.05, 4.69) is 5.32 Å². The Morgan fingerprint density at radius 2 is 2.21 bits per heavy atom. The summed E-state index contributed by atoms with van der Waals surface area (Å²) in [6, 6.07) is 5.22. The van der Waals surface area contributed by atoms with Gasteiger partial charge in [-0.3, -0.25) is 9.59 Å². The zero-order valence-electron chi connectivity index (χ0n) is 10.4. The number of carboxylic acid groups (broad SMARTS) is 1. The van der Waals surface area contributed by atoms with E-state index in [9.17, 15) is 9.59 Å². The van der Waals surface area contributed by atoms with Gasteiger partial charge in [-0.05, 0) is 18.6 Å². The van der Waals surface area contributed by atoms with Crippen molar-refractivity contribution in [2.24, 2.45) is 11.8 Å². The fraction of sp³-hybridized carbons (Fsp3) is 0.385. The largest absolute Gasteiger partial charge is 0.496 e. The molecule has 5 nitrogen and oxygen atoms in total. The van der Waals surface area contributed by atoms with Gasteiger partial charge in [0, 0.05) is 17.1 Å². The van der Waals surface area contributed by atoms with Crippen molar-refractivity contribution < 1.29 is 19.4 Å². The second-order valence-electron chi connectivity index (χ2n) is 4.43. The molecule has 1 saturated carbocycles. The maximum Gasteiger partial charge on any atom is 0.307 e. The van der Waals surface area contributed by atoms with E-state index in [1.807, 2.05) is 0 Å². The fourth-order valence-electron chi connectivity index (χ4n) is 1.97. The van der Waals surface area contributed by atoms with Crippen LogP contribution < -0.4 is 10.1 Å². The molecule has 1 aliphatic carbocycles. The van der Waals surface area contributed by atoms with Crippen LogP contribution in [0.25, 0.3) is 0 Å². The summed E-state index contributed by atoms with van der Waals surface area (Å²) in [7, 11) is 1.53. The highest BCUT2D eigenvalue weighted by Gasteiger charge is 2.48. The highest BCUT2D eigenvalue weighted by molar-refractivity contribution is 6.31. The molecule has 0 saturated heterocycles. The Bertz CT molecular complexity index is 517. The number of rotatable bonds is 5. The van der Waals surface area contributed by atoms with Crippen molar-refractivity contribution in [1.29, 1.82) is 0 Å². The molecule has 2 atom stereocenters. The highest BCUT2D eigenvalue weighted by Crippen LogP contribution is 2.38. The lowest BCUT2D eigenvalue weighted by atomic mass is 10.2. The Kier molecular flexibility index (Phi) is 3.95. The van der Waals surface area contributed by atoms with Gasteiger partial charge in [0.15, 0.2) is 0 Å². The highest BCUT2D eigenvalue weighted by atomic mass is 35.5. The van der Waals surface area contributed by atoms with Gasteiger partial charge in [0.1, 0.15) is 5.75 Å². The number of benzene rings is 1. The third kappa shape index (κ3) is 2.98. The minimum atomic E-state index is -0.921. The van der Waals surface area contributed by atoms with Crippen molar-refractivity contribution in [3.63, 3.8) is 0 Å². The van der Waals surface area contributed by atoms with Crippen molar-refractivity contribution >= 4 is 23.5 Å². The monoisotopic (exact) mass is 283 g/mol. The van der Waals surface area contributed by atoms with E-state index < -0.39 is 17.8 Å². The van der Waals surface area contributed by atoms with Crippen LogP contribution in [0.4, 0.5) is 0 Å². The maximum absolute atomic E-state index is 11.7. The molecule has 0 unspecified atom stereocenters. The van der Waals surface area contributed by atoms with E-state index >= 15 is 0 Å². The second-order valence-corrected chi connectivity index (χ2v) is 4.83. The molecule has 1 aromatic rings. The first kappa shape index (κ1) is 13.7. The number of methoxy groups -OCH3 is 1. The van der Waals surface area contributed by atoms with Crippen molar-refractivity contribution in [1.82, 2.24) is 5.32 Å². The topological polar surface area (TPSA) is 75.6 Å². The number of carbonyl (C=O) groups excluding carboxylic acids is 1. The minimum Gasteiger partial charge on any atom is -0.496 e. The first-order chi connectivity index (χ1) is 9.04. The van der Waals surface area contributed by atoms with Crippen molar-refractivity contribution in [2.45, 2.75) is 13.0 Å². The first-order valence-corrected chi connectivity index (χ1v) is 6.24. The van der Waals surface area contributed by atoms with Crippen LogP contribution in [-0.4, -0.2) is 24.1 Å². The van der Waals surface area contributed by atoms with Crippen LogP contribution in [0.2, 0.25) is 5.02 Å². The predicted octanol–water partition coefficient (Wildman–Crippen LogP) is 1.69. The molecule has 1 amide bonds. The van der Waals surface area contributed by atoms with E-state index in [1.165, 1.54) is 7.11 Å². The Morgan fingerprint density at radius 3 is 2.79 bits per heavy atom. The summed E-state index contributed by atoms with van der Waals surface area (Å²) in [4.78, 5) is 22.4. The summed E-state index contributed by atoms with van der Waals surface area (Å²) in [5, 5.41) is 12.0. The van der Waals surface area contributed by atoms with Gasteiger partial charge >= 0.3 is 5.97 Å². The van der Waals surface area contributed by atoms with E-state index in [0.717, 1.165) is 0 Å². The van der Waals surface area contributed by atoms with Crippen LogP contribution in [0.5, 0.6) is 5.75 Å². The summed E-state index contributed by atoms with van der Waals surface area (Å²) in [6.07, 6.45) is 0.404. The number of carboxylic acids is 1. The van der Waals surface area contributed by atoms with E-state index in [1.54, 1.807) is 18.2 Å². The SMILES string of the molecule is COc1cccc(Cl)c1CNC(=O)[C@H]1C[C@H]1C(=O)O. The normalized spacial score (nSPS) is 20.7. The molecule has 6 heteroatoms. The van der Waals surface area contributed by atoms with Gasteiger partial charge in [0.05, 0.1) is 18.9 Å². The van der Waals surface area contributed by atoms with Crippen molar-refractivity contribution in [3.8, 4) is 5.75 Å². The number of halogens is 1. The fourth-order valence-corrected chi connectivity index (χ4v) is 2.20. The van der Waals surface area contributed by atoms with Gasteiger partial charge in [0.25, 0.3) is 0 Å². The Labute approximate surface area is 115 Å². The number of carbonyl (C=O) groups is 2. The quantitative estimate of drug-likeness (QED) is 0.862.